The van der Waals surface area contributed by atoms with E-state index in [9.17, 15) is 4.79 Å². The van der Waals surface area contributed by atoms with Crippen LogP contribution in [0.5, 0.6) is 0 Å². The zero-order valence-electron chi connectivity index (χ0n) is 15.5. The molecule has 1 atom stereocenters. The minimum Gasteiger partial charge on any atom is -0.351 e. The van der Waals surface area contributed by atoms with Crippen molar-refractivity contribution in [1.29, 1.82) is 0 Å². The molecule has 1 aliphatic rings. The van der Waals surface area contributed by atoms with E-state index in [1.165, 1.54) is 0 Å². The molecule has 1 aliphatic heterocycles. The summed E-state index contributed by atoms with van der Waals surface area (Å²) in [5.74, 6) is 1.23. The standard InChI is InChI=1S/C19H25ClN4O2/c1-19(2,3)22-18(25)14-5-4-10-24(11-14)12-16-21-17(23-26-16)13-6-8-15(20)9-7-13/h6-9,14H,4-5,10-12H2,1-3H3,(H,22,25). The number of hydrogen-bond donors (Lipinski definition) is 1. The summed E-state index contributed by atoms with van der Waals surface area (Å²) < 4.78 is 5.39. The van der Waals surface area contributed by atoms with E-state index >= 15 is 0 Å². The van der Waals surface area contributed by atoms with Crippen molar-refractivity contribution in [2.24, 2.45) is 5.92 Å². The summed E-state index contributed by atoms with van der Waals surface area (Å²) in [5.41, 5.74) is 0.657. The summed E-state index contributed by atoms with van der Waals surface area (Å²) in [6.45, 7) is 8.20. The number of nitrogens with one attached hydrogen (secondary N) is 1. The molecule has 1 saturated heterocycles. The number of nitrogens with zero attached hydrogens (tertiary/aromatic N) is 3. The van der Waals surface area contributed by atoms with E-state index < -0.39 is 0 Å². The van der Waals surface area contributed by atoms with Crippen LogP contribution in [0.1, 0.15) is 39.5 Å². The third-order valence-electron chi connectivity index (χ3n) is 4.30. The number of piperidine rings is 1. The monoisotopic (exact) mass is 376 g/mol. The third-order valence-corrected chi connectivity index (χ3v) is 4.56. The average Bonchev–Trinajstić information content (AvgIpc) is 3.02. The maximum absolute atomic E-state index is 12.4. The van der Waals surface area contributed by atoms with Crippen LogP contribution in [0.25, 0.3) is 11.4 Å². The number of likely N-dealkylation sites (tertiary alicyclic amines) is 1. The van der Waals surface area contributed by atoms with Gasteiger partial charge in [-0.2, -0.15) is 4.98 Å². The van der Waals surface area contributed by atoms with Crippen molar-refractivity contribution in [3.05, 3.63) is 35.2 Å². The van der Waals surface area contributed by atoms with Crippen molar-refractivity contribution < 1.29 is 9.32 Å². The van der Waals surface area contributed by atoms with E-state index in [1.54, 1.807) is 12.1 Å². The summed E-state index contributed by atoms with van der Waals surface area (Å²) in [6, 6.07) is 7.33. The first-order chi connectivity index (χ1) is 12.3. The van der Waals surface area contributed by atoms with Gasteiger partial charge in [0.25, 0.3) is 0 Å². The predicted molar refractivity (Wildman–Crippen MR) is 101 cm³/mol. The Morgan fingerprint density at radius 2 is 2.08 bits per heavy atom. The molecule has 1 fully saturated rings. The molecule has 140 valence electrons. The van der Waals surface area contributed by atoms with E-state index in [-0.39, 0.29) is 17.4 Å². The number of amides is 1. The molecule has 3 rings (SSSR count). The predicted octanol–water partition coefficient (Wildman–Crippen LogP) is 3.52. The van der Waals surface area contributed by atoms with Crippen molar-refractivity contribution >= 4 is 17.5 Å². The lowest BCUT2D eigenvalue weighted by atomic mass is 9.95. The van der Waals surface area contributed by atoms with Crippen LogP contribution in [0, 0.1) is 5.92 Å². The summed E-state index contributed by atoms with van der Waals surface area (Å²) in [5, 5.41) is 7.80. The molecule has 0 radical (unpaired) electrons. The average molecular weight is 377 g/mol. The largest absolute Gasteiger partial charge is 0.351 e. The SMILES string of the molecule is CC(C)(C)NC(=O)C1CCCN(Cc2nc(-c3ccc(Cl)cc3)no2)C1. The topological polar surface area (TPSA) is 71.3 Å². The Labute approximate surface area is 158 Å². The van der Waals surface area contributed by atoms with Gasteiger partial charge in [0.15, 0.2) is 0 Å². The van der Waals surface area contributed by atoms with Crippen molar-refractivity contribution in [1.82, 2.24) is 20.4 Å². The van der Waals surface area contributed by atoms with E-state index in [0.29, 0.717) is 29.8 Å². The van der Waals surface area contributed by atoms with E-state index in [0.717, 1.165) is 24.9 Å². The number of rotatable bonds is 4. The van der Waals surface area contributed by atoms with Crippen molar-refractivity contribution in [2.75, 3.05) is 13.1 Å². The zero-order valence-corrected chi connectivity index (χ0v) is 16.2. The lowest BCUT2D eigenvalue weighted by molar-refractivity contribution is -0.128. The Balaban J connectivity index is 1.60. The van der Waals surface area contributed by atoms with Gasteiger partial charge >= 0.3 is 0 Å². The molecule has 0 bridgehead atoms. The highest BCUT2D eigenvalue weighted by molar-refractivity contribution is 6.30. The second-order valence-corrected chi connectivity index (χ2v) is 8.27. The third kappa shape index (κ3) is 5.05. The maximum Gasteiger partial charge on any atom is 0.241 e. The van der Waals surface area contributed by atoms with Gasteiger partial charge in [0, 0.05) is 22.7 Å². The molecular formula is C19H25ClN4O2. The minimum atomic E-state index is -0.209. The van der Waals surface area contributed by atoms with Crippen LogP contribution in [0.15, 0.2) is 28.8 Å². The number of carbonyl (C=O) groups is 1. The van der Waals surface area contributed by atoms with Gasteiger partial charge < -0.3 is 9.84 Å². The molecule has 26 heavy (non-hydrogen) atoms. The fourth-order valence-corrected chi connectivity index (χ4v) is 3.24. The fraction of sp³-hybridized carbons (Fsp3) is 0.526. The molecule has 2 heterocycles. The molecule has 1 aromatic heterocycles. The number of carbonyl (C=O) groups excluding carboxylic acids is 1. The second kappa shape index (κ2) is 7.76. The zero-order chi connectivity index (χ0) is 18.7. The van der Waals surface area contributed by atoms with E-state index in [2.05, 4.69) is 20.4 Å². The van der Waals surface area contributed by atoms with Gasteiger partial charge in [-0.3, -0.25) is 9.69 Å². The maximum atomic E-state index is 12.4. The van der Waals surface area contributed by atoms with Crippen LogP contribution >= 0.6 is 11.6 Å². The number of benzene rings is 1. The van der Waals surface area contributed by atoms with Crippen LogP contribution in [-0.4, -0.2) is 39.6 Å². The Bertz CT molecular complexity index is 752. The van der Waals surface area contributed by atoms with Crippen molar-refractivity contribution in [3.63, 3.8) is 0 Å². The molecular weight excluding hydrogens is 352 g/mol. The Morgan fingerprint density at radius 1 is 1.35 bits per heavy atom. The molecule has 0 aliphatic carbocycles. The molecule has 6 nitrogen and oxygen atoms in total. The summed E-state index contributed by atoms with van der Waals surface area (Å²) in [7, 11) is 0. The van der Waals surface area contributed by atoms with Crippen LogP contribution < -0.4 is 5.32 Å². The van der Waals surface area contributed by atoms with Crippen molar-refractivity contribution in [3.8, 4) is 11.4 Å². The van der Waals surface area contributed by atoms with E-state index in [1.807, 2.05) is 32.9 Å². The Morgan fingerprint density at radius 3 is 2.77 bits per heavy atom. The smallest absolute Gasteiger partial charge is 0.241 e. The second-order valence-electron chi connectivity index (χ2n) is 7.83. The first-order valence-corrected chi connectivity index (χ1v) is 9.31. The van der Waals surface area contributed by atoms with Crippen LogP contribution in [0.4, 0.5) is 0 Å². The molecule has 1 unspecified atom stereocenters. The molecule has 0 spiro atoms. The van der Waals surface area contributed by atoms with Gasteiger partial charge in [0.1, 0.15) is 0 Å². The number of hydrogen-bond acceptors (Lipinski definition) is 5. The molecule has 2 aromatic rings. The molecule has 7 heteroatoms. The summed E-state index contributed by atoms with van der Waals surface area (Å²) in [6.07, 6.45) is 1.90. The van der Waals surface area contributed by atoms with Crippen molar-refractivity contribution in [2.45, 2.75) is 45.7 Å². The van der Waals surface area contributed by atoms with Crippen LogP contribution in [0.2, 0.25) is 5.02 Å². The first-order valence-electron chi connectivity index (χ1n) is 8.93. The lowest BCUT2D eigenvalue weighted by Gasteiger charge is -2.32. The molecule has 1 aromatic carbocycles. The highest BCUT2D eigenvalue weighted by Crippen LogP contribution is 2.22. The number of aromatic nitrogens is 2. The van der Waals surface area contributed by atoms with Crippen LogP contribution in [0.3, 0.4) is 0 Å². The highest BCUT2D eigenvalue weighted by atomic mass is 35.5. The Kier molecular flexibility index (Phi) is 5.63. The van der Waals surface area contributed by atoms with Gasteiger partial charge in [-0.25, -0.2) is 0 Å². The van der Waals surface area contributed by atoms with Gasteiger partial charge in [-0.15, -0.1) is 0 Å². The summed E-state index contributed by atoms with van der Waals surface area (Å²) >= 11 is 5.91. The molecule has 0 saturated carbocycles. The first kappa shape index (κ1) is 18.9. The Hall–Kier alpha value is -1.92. The fourth-order valence-electron chi connectivity index (χ4n) is 3.11. The highest BCUT2D eigenvalue weighted by Gasteiger charge is 2.28. The quantitative estimate of drug-likeness (QED) is 0.883. The summed E-state index contributed by atoms with van der Waals surface area (Å²) in [4.78, 5) is 19.1. The molecule has 1 amide bonds. The van der Waals surface area contributed by atoms with Gasteiger partial charge in [0.05, 0.1) is 12.5 Å². The molecule has 1 N–H and O–H groups in total. The van der Waals surface area contributed by atoms with Gasteiger partial charge in [0.2, 0.25) is 17.6 Å². The lowest BCUT2D eigenvalue weighted by Crippen LogP contribution is -2.48. The van der Waals surface area contributed by atoms with Crippen LogP contribution in [-0.2, 0) is 11.3 Å². The number of halogens is 1. The van der Waals surface area contributed by atoms with Gasteiger partial charge in [-0.1, -0.05) is 16.8 Å². The van der Waals surface area contributed by atoms with Gasteiger partial charge in [-0.05, 0) is 64.4 Å². The van der Waals surface area contributed by atoms with E-state index in [4.69, 9.17) is 16.1 Å². The minimum absolute atomic E-state index is 0.00151. The normalized spacial score (nSPS) is 18.7.